The summed E-state index contributed by atoms with van der Waals surface area (Å²) < 4.78 is 27.4. The summed E-state index contributed by atoms with van der Waals surface area (Å²) in [5, 5.41) is 3.30. The number of nitrogens with one attached hydrogen (secondary N) is 2. The second-order valence-corrected chi connectivity index (χ2v) is 4.82. The van der Waals surface area contributed by atoms with E-state index >= 15 is 0 Å². The normalized spacial score (nSPS) is 19.6. The minimum Gasteiger partial charge on any atom is -0.342 e. The van der Waals surface area contributed by atoms with Gasteiger partial charge in [0.05, 0.1) is 17.5 Å². The molecule has 2 aromatic rings. The highest BCUT2D eigenvalue weighted by atomic mass is 19.1. The lowest BCUT2D eigenvalue weighted by molar-refractivity contribution is 0.449. The lowest BCUT2D eigenvalue weighted by Crippen LogP contribution is -2.28. The summed E-state index contributed by atoms with van der Waals surface area (Å²) in [4.78, 5) is 7.32. The van der Waals surface area contributed by atoms with Gasteiger partial charge in [-0.05, 0) is 31.5 Å². The third kappa shape index (κ3) is 2.38. The average molecular weight is 263 g/mol. The molecule has 2 heterocycles. The van der Waals surface area contributed by atoms with E-state index in [9.17, 15) is 8.78 Å². The van der Waals surface area contributed by atoms with Crippen LogP contribution in [-0.4, -0.2) is 23.1 Å². The van der Waals surface area contributed by atoms with Crippen molar-refractivity contribution in [1.82, 2.24) is 15.3 Å². The Hall–Kier alpha value is -1.75. The average Bonchev–Trinajstić information content (AvgIpc) is 2.89. The molecule has 100 valence electrons. The summed E-state index contributed by atoms with van der Waals surface area (Å²) in [7, 11) is 0. The monoisotopic (exact) mass is 263 g/mol. The van der Waals surface area contributed by atoms with Gasteiger partial charge >= 0.3 is 0 Å². The van der Waals surface area contributed by atoms with E-state index < -0.39 is 11.6 Å². The van der Waals surface area contributed by atoms with Crippen molar-refractivity contribution in [3.05, 3.63) is 41.9 Å². The maximum atomic E-state index is 13.7. The Morgan fingerprint density at radius 1 is 1.21 bits per heavy atom. The molecule has 0 radical (unpaired) electrons. The van der Waals surface area contributed by atoms with E-state index in [1.54, 1.807) is 0 Å². The van der Waals surface area contributed by atoms with Crippen LogP contribution in [0, 0.1) is 11.6 Å². The van der Waals surface area contributed by atoms with Crippen molar-refractivity contribution < 1.29 is 8.78 Å². The molecule has 2 N–H and O–H groups in total. The molecule has 0 spiro atoms. The van der Waals surface area contributed by atoms with Crippen LogP contribution in [0.15, 0.2) is 24.4 Å². The van der Waals surface area contributed by atoms with Crippen LogP contribution in [0.4, 0.5) is 8.78 Å². The minimum absolute atomic E-state index is 0.0370. The molecule has 1 aliphatic rings. The molecule has 1 saturated heterocycles. The Balaban J connectivity index is 1.92. The van der Waals surface area contributed by atoms with Crippen molar-refractivity contribution in [2.45, 2.75) is 18.8 Å². The van der Waals surface area contributed by atoms with Gasteiger partial charge in [-0.25, -0.2) is 13.8 Å². The number of benzene rings is 1. The lowest BCUT2D eigenvalue weighted by atomic mass is 9.99. The molecular formula is C14H15F2N3. The molecule has 3 rings (SSSR count). The van der Waals surface area contributed by atoms with E-state index in [0.29, 0.717) is 5.69 Å². The maximum Gasteiger partial charge on any atom is 0.135 e. The second kappa shape index (κ2) is 5.09. The van der Waals surface area contributed by atoms with Crippen LogP contribution < -0.4 is 5.32 Å². The fourth-order valence-electron chi connectivity index (χ4n) is 2.51. The van der Waals surface area contributed by atoms with Crippen LogP contribution >= 0.6 is 0 Å². The topological polar surface area (TPSA) is 40.7 Å². The van der Waals surface area contributed by atoms with Gasteiger partial charge in [-0.2, -0.15) is 0 Å². The molecule has 1 unspecified atom stereocenters. The highest BCUT2D eigenvalue weighted by molar-refractivity contribution is 5.60. The highest BCUT2D eigenvalue weighted by Crippen LogP contribution is 2.27. The van der Waals surface area contributed by atoms with Gasteiger partial charge in [0.1, 0.15) is 17.5 Å². The van der Waals surface area contributed by atoms with Crippen LogP contribution in [-0.2, 0) is 0 Å². The van der Waals surface area contributed by atoms with Crippen molar-refractivity contribution in [3.63, 3.8) is 0 Å². The van der Waals surface area contributed by atoms with Crippen molar-refractivity contribution in [3.8, 4) is 11.3 Å². The second-order valence-electron chi connectivity index (χ2n) is 4.82. The Morgan fingerprint density at radius 3 is 2.68 bits per heavy atom. The lowest BCUT2D eigenvalue weighted by Gasteiger charge is -2.20. The van der Waals surface area contributed by atoms with Crippen LogP contribution in [0.25, 0.3) is 11.3 Å². The van der Waals surface area contributed by atoms with Crippen molar-refractivity contribution >= 4 is 0 Å². The van der Waals surface area contributed by atoms with Gasteiger partial charge in [-0.1, -0.05) is 6.07 Å². The summed E-state index contributed by atoms with van der Waals surface area (Å²) in [6.45, 7) is 1.87. The van der Waals surface area contributed by atoms with Gasteiger partial charge in [-0.3, -0.25) is 0 Å². The largest absolute Gasteiger partial charge is 0.342 e. The Bertz CT molecular complexity index is 554. The smallest absolute Gasteiger partial charge is 0.135 e. The molecule has 19 heavy (non-hydrogen) atoms. The zero-order chi connectivity index (χ0) is 13.2. The van der Waals surface area contributed by atoms with Gasteiger partial charge < -0.3 is 10.3 Å². The van der Waals surface area contributed by atoms with E-state index in [-0.39, 0.29) is 11.5 Å². The number of aromatic nitrogens is 2. The van der Waals surface area contributed by atoms with Crippen molar-refractivity contribution in [1.29, 1.82) is 0 Å². The molecule has 0 amide bonds. The fourth-order valence-corrected chi connectivity index (χ4v) is 2.51. The molecular weight excluding hydrogens is 248 g/mol. The molecule has 5 heteroatoms. The molecule has 0 aliphatic carbocycles. The van der Waals surface area contributed by atoms with Crippen molar-refractivity contribution in [2.75, 3.05) is 13.1 Å². The van der Waals surface area contributed by atoms with E-state index in [1.165, 1.54) is 24.4 Å². The third-order valence-corrected chi connectivity index (χ3v) is 3.51. The summed E-state index contributed by atoms with van der Waals surface area (Å²) in [5.74, 6) is -0.0591. The third-order valence-electron chi connectivity index (χ3n) is 3.51. The maximum absolute atomic E-state index is 13.7. The minimum atomic E-state index is -0.572. The van der Waals surface area contributed by atoms with Gasteiger partial charge in [0.15, 0.2) is 0 Å². The number of H-pyrrole nitrogens is 1. The molecule has 1 aliphatic heterocycles. The van der Waals surface area contributed by atoms with Gasteiger partial charge in [-0.15, -0.1) is 0 Å². The van der Waals surface area contributed by atoms with E-state index in [2.05, 4.69) is 15.3 Å². The first kappa shape index (κ1) is 12.3. The van der Waals surface area contributed by atoms with Crippen LogP contribution in [0.3, 0.4) is 0 Å². The number of halogens is 2. The first-order valence-electron chi connectivity index (χ1n) is 6.45. The number of aromatic amines is 1. The fraction of sp³-hybridized carbons (Fsp3) is 0.357. The quantitative estimate of drug-likeness (QED) is 0.874. The summed E-state index contributed by atoms with van der Waals surface area (Å²) in [5.41, 5.74) is 0.362. The Kier molecular flexibility index (Phi) is 3.29. The van der Waals surface area contributed by atoms with E-state index in [4.69, 9.17) is 0 Å². The molecule has 1 fully saturated rings. The molecule has 1 aromatic carbocycles. The Morgan fingerprint density at radius 2 is 2.00 bits per heavy atom. The first-order chi connectivity index (χ1) is 9.25. The number of piperidine rings is 1. The van der Waals surface area contributed by atoms with E-state index in [0.717, 1.165) is 31.8 Å². The summed E-state index contributed by atoms with van der Waals surface area (Å²) in [6.07, 6.45) is 3.64. The number of hydrogen-bond donors (Lipinski definition) is 2. The van der Waals surface area contributed by atoms with Gasteiger partial charge in [0.2, 0.25) is 0 Å². The van der Waals surface area contributed by atoms with Crippen LogP contribution in [0.5, 0.6) is 0 Å². The summed E-state index contributed by atoms with van der Waals surface area (Å²) in [6, 6.07) is 3.86. The number of nitrogens with zero attached hydrogens (tertiary/aromatic N) is 1. The van der Waals surface area contributed by atoms with Crippen molar-refractivity contribution in [2.24, 2.45) is 0 Å². The molecule has 1 atom stereocenters. The summed E-state index contributed by atoms with van der Waals surface area (Å²) >= 11 is 0. The molecule has 3 nitrogen and oxygen atoms in total. The molecule has 0 bridgehead atoms. The highest BCUT2D eigenvalue weighted by Gasteiger charge is 2.20. The molecule has 1 aromatic heterocycles. The molecule has 0 saturated carbocycles. The Labute approximate surface area is 110 Å². The number of imidazole rings is 1. The zero-order valence-electron chi connectivity index (χ0n) is 10.4. The SMILES string of the molecule is Fc1cccc(F)c1-c1cnc(C2CCCNC2)[nH]1. The van der Waals surface area contributed by atoms with Crippen LogP contribution in [0.1, 0.15) is 24.6 Å². The standard InChI is InChI=1S/C14H15F2N3/c15-10-4-1-5-11(16)13(10)12-8-18-14(19-12)9-3-2-6-17-7-9/h1,4-5,8-9,17H,2-3,6-7H2,(H,18,19). The predicted octanol–water partition coefficient (Wildman–Crippen LogP) is 2.82. The van der Waals surface area contributed by atoms with Gasteiger partial charge in [0, 0.05) is 12.5 Å². The number of hydrogen-bond acceptors (Lipinski definition) is 2. The van der Waals surface area contributed by atoms with Crippen LogP contribution in [0.2, 0.25) is 0 Å². The predicted molar refractivity (Wildman–Crippen MR) is 68.8 cm³/mol. The van der Waals surface area contributed by atoms with E-state index in [1.807, 2.05) is 0 Å². The van der Waals surface area contributed by atoms with Gasteiger partial charge in [0.25, 0.3) is 0 Å². The first-order valence-corrected chi connectivity index (χ1v) is 6.45. The number of rotatable bonds is 2. The zero-order valence-corrected chi connectivity index (χ0v) is 10.4.